The molecule has 0 fully saturated rings. The molecule has 0 bridgehead atoms. The summed E-state index contributed by atoms with van der Waals surface area (Å²) in [7, 11) is -1.08. The number of rotatable bonds is 4. The molecular formula is C17H22OSi. The van der Waals surface area contributed by atoms with Gasteiger partial charge in [0.05, 0.1) is 0 Å². The fourth-order valence-electron chi connectivity index (χ4n) is 2.33. The molecule has 0 aliphatic rings. The lowest BCUT2D eigenvalue weighted by atomic mass is 9.97. The fraction of sp³-hybridized carbons (Fsp3) is 0.353. The summed E-state index contributed by atoms with van der Waals surface area (Å²) < 4.78 is 0. The number of Topliss-reactive ketones (excluding diaryl/α,β-unsaturated/α-hetero) is 1. The first-order chi connectivity index (χ1) is 8.87. The smallest absolute Gasteiger partial charge is 0.160 e. The Morgan fingerprint density at radius 2 is 1.63 bits per heavy atom. The fourth-order valence-corrected chi connectivity index (χ4v) is 3.35. The van der Waals surface area contributed by atoms with Gasteiger partial charge in [-0.15, -0.1) is 0 Å². The van der Waals surface area contributed by atoms with Crippen LogP contribution in [0.4, 0.5) is 0 Å². The molecule has 2 rings (SSSR count). The Bertz CT molecular complexity index is 608. The molecule has 0 heterocycles. The minimum absolute atomic E-state index is 0.177. The maximum Gasteiger partial charge on any atom is 0.160 e. The summed E-state index contributed by atoms with van der Waals surface area (Å²) in [5.41, 5.74) is 2.12. The predicted octanol–water partition coefficient (Wildman–Crippen LogP) is 4.92. The minimum atomic E-state index is -1.08. The van der Waals surface area contributed by atoms with Crippen molar-refractivity contribution in [3.63, 3.8) is 0 Å². The predicted molar refractivity (Wildman–Crippen MR) is 85.8 cm³/mol. The van der Waals surface area contributed by atoms with Crippen molar-refractivity contribution in [2.24, 2.45) is 0 Å². The van der Waals surface area contributed by atoms with Gasteiger partial charge in [0.2, 0.25) is 0 Å². The summed E-state index contributed by atoms with van der Waals surface area (Å²) in [6.07, 6.45) is 1.02. The highest BCUT2D eigenvalue weighted by Gasteiger charge is 2.15. The molecule has 2 heteroatoms. The second kappa shape index (κ2) is 5.30. The quantitative estimate of drug-likeness (QED) is 0.569. The van der Waals surface area contributed by atoms with Crippen LogP contribution in [0.25, 0.3) is 10.8 Å². The second-order valence-corrected chi connectivity index (χ2v) is 12.1. The van der Waals surface area contributed by atoms with E-state index in [0.717, 1.165) is 17.4 Å². The molecule has 1 nitrogen and oxygen atoms in total. The normalized spacial score (nSPS) is 11.8. The Hall–Kier alpha value is -1.41. The molecule has 0 aliphatic heterocycles. The van der Waals surface area contributed by atoms with Gasteiger partial charge in [-0.25, -0.2) is 0 Å². The zero-order valence-corrected chi connectivity index (χ0v) is 13.3. The first-order valence-corrected chi connectivity index (χ1v) is 10.6. The Kier molecular flexibility index (Phi) is 3.90. The number of fused-ring (bicyclic) bond motifs is 1. The third-order valence-electron chi connectivity index (χ3n) is 3.50. The molecule has 0 unspecified atom stereocenters. The maximum absolute atomic E-state index is 11.8. The molecule has 100 valence electrons. The number of aryl methyl sites for hydroxylation is 1. The lowest BCUT2D eigenvalue weighted by molar-refractivity contribution is 0.101. The van der Waals surface area contributed by atoms with Crippen LogP contribution in [-0.4, -0.2) is 13.9 Å². The van der Waals surface area contributed by atoms with Crippen molar-refractivity contribution in [3.8, 4) is 0 Å². The van der Waals surface area contributed by atoms with E-state index in [-0.39, 0.29) is 5.78 Å². The van der Waals surface area contributed by atoms with Crippen LogP contribution >= 0.6 is 0 Å². The molecule has 0 radical (unpaired) electrons. The van der Waals surface area contributed by atoms with Crippen molar-refractivity contribution in [2.75, 3.05) is 0 Å². The minimum Gasteiger partial charge on any atom is -0.295 e. The molecule has 19 heavy (non-hydrogen) atoms. The van der Waals surface area contributed by atoms with E-state index in [1.54, 1.807) is 6.92 Å². The van der Waals surface area contributed by atoms with Crippen LogP contribution in [0.3, 0.4) is 0 Å². The standard InChI is InChI=1S/C17H22OSi/c1-13(18)17-12-15-8-6-5-7-14(15)11-16(17)9-10-19(2,3)4/h5-8,11-12H,9-10H2,1-4H3. The third kappa shape index (κ3) is 3.54. The summed E-state index contributed by atoms with van der Waals surface area (Å²) in [6, 6.07) is 13.8. The molecule has 0 aliphatic carbocycles. The number of hydrogen-bond acceptors (Lipinski definition) is 1. The maximum atomic E-state index is 11.8. The van der Waals surface area contributed by atoms with Gasteiger partial charge in [-0.1, -0.05) is 56.0 Å². The van der Waals surface area contributed by atoms with E-state index in [4.69, 9.17) is 0 Å². The van der Waals surface area contributed by atoms with E-state index in [0.29, 0.717) is 0 Å². The number of benzene rings is 2. The van der Waals surface area contributed by atoms with Crippen LogP contribution in [0.2, 0.25) is 25.7 Å². The van der Waals surface area contributed by atoms with Crippen molar-refractivity contribution in [2.45, 2.75) is 39.0 Å². The topological polar surface area (TPSA) is 17.1 Å². The SMILES string of the molecule is CC(=O)c1cc2ccccc2cc1CC[Si](C)(C)C. The van der Waals surface area contributed by atoms with Gasteiger partial charge >= 0.3 is 0 Å². The first-order valence-electron chi connectivity index (χ1n) is 6.89. The van der Waals surface area contributed by atoms with Crippen LogP contribution in [0.5, 0.6) is 0 Å². The van der Waals surface area contributed by atoms with Gasteiger partial charge in [0, 0.05) is 13.6 Å². The van der Waals surface area contributed by atoms with Gasteiger partial charge < -0.3 is 0 Å². The van der Waals surface area contributed by atoms with E-state index >= 15 is 0 Å². The zero-order valence-electron chi connectivity index (χ0n) is 12.3. The van der Waals surface area contributed by atoms with Crippen LogP contribution in [0.15, 0.2) is 36.4 Å². The van der Waals surface area contributed by atoms with Gasteiger partial charge in [0.15, 0.2) is 5.78 Å². The van der Waals surface area contributed by atoms with E-state index in [9.17, 15) is 4.79 Å². The zero-order chi connectivity index (χ0) is 14.0. The average molecular weight is 270 g/mol. The highest BCUT2D eigenvalue weighted by Crippen LogP contribution is 2.23. The number of hydrogen-bond donors (Lipinski definition) is 0. The number of carbonyl (C=O) groups is 1. The van der Waals surface area contributed by atoms with Crippen LogP contribution in [0.1, 0.15) is 22.8 Å². The van der Waals surface area contributed by atoms with E-state index < -0.39 is 8.07 Å². The molecule has 0 amide bonds. The monoisotopic (exact) mass is 270 g/mol. The molecule has 0 saturated heterocycles. The molecule has 2 aromatic rings. The molecule has 2 aromatic carbocycles. The summed E-state index contributed by atoms with van der Waals surface area (Å²) in [4.78, 5) is 11.8. The second-order valence-electron chi connectivity index (χ2n) is 6.47. The van der Waals surface area contributed by atoms with Crippen LogP contribution in [-0.2, 0) is 6.42 Å². The average Bonchev–Trinajstić information content (AvgIpc) is 2.34. The van der Waals surface area contributed by atoms with Crippen molar-refractivity contribution < 1.29 is 4.79 Å². The highest BCUT2D eigenvalue weighted by atomic mass is 28.3. The van der Waals surface area contributed by atoms with Crippen molar-refractivity contribution >= 4 is 24.6 Å². The van der Waals surface area contributed by atoms with Gasteiger partial charge in [-0.3, -0.25) is 4.79 Å². The molecule has 0 N–H and O–H groups in total. The summed E-state index contributed by atoms with van der Waals surface area (Å²) in [6.45, 7) is 8.80. The summed E-state index contributed by atoms with van der Waals surface area (Å²) in [5.74, 6) is 0.177. The van der Waals surface area contributed by atoms with Crippen LogP contribution in [0, 0.1) is 0 Å². The van der Waals surface area contributed by atoms with E-state index in [1.165, 1.54) is 17.0 Å². The van der Waals surface area contributed by atoms with Gasteiger partial charge in [-0.2, -0.15) is 0 Å². The Morgan fingerprint density at radius 1 is 1.05 bits per heavy atom. The number of ketones is 1. The third-order valence-corrected chi connectivity index (χ3v) is 5.25. The van der Waals surface area contributed by atoms with Gasteiger partial charge in [0.1, 0.15) is 0 Å². The van der Waals surface area contributed by atoms with E-state index in [2.05, 4.69) is 50.0 Å². The van der Waals surface area contributed by atoms with Crippen LogP contribution < -0.4 is 0 Å². The Morgan fingerprint density at radius 3 is 2.16 bits per heavy atom. The molecular weight excluding hydrogens is 248 g/mol. The van der Waals surface area contributed by atoms with Crippen molar-refractivity contribution in [1.29, 1.82) is 0 Å². The largest absolute Gasteiger partial charge is 0.295 e. The van der Waals surface area contributed by atoms with Gasteiger partial charge in [-0.05, 0) is 35.7 Å². The molecule has 0 spiro atoms. The first kappa shape index (κ1) is 14.0. The molecule has 0 atom stereocenters. The Balaban J connectivity index is 2.45. The molecule has 0 saturated carbocycles. The summed E-state index contributed by atoms with van der Waals surface area (Å²) >= 11 is 0. The Labute approximate surface area is 116 Å². The van der Waals surface area contributed by atoms with Crippen molar-refractivity contribution in [1.82, 2.24) is 0 Å². The van der Waals surface area contributed by atoms with Gasteiger partial charge in [0.25, 0.3) is 0 Å². The lowest BCUT2D eigenvalue weighted by Crippen LogP contribution is -2.20. The van der Waals surface area contributed by atoms with Crippen molar-refractivity contribution in [3.05, 3.63) is 47.5 Å². The van der Waals surface area contributed by atoms with E-state index in [1.807, 2.05) is 6.07 Å². The lowest BCUT2D eigenvalue weighted by Gasteiger charge is -2.17. The highest BCUT2D eigenvalue weighted by molar-refractivity contribution is 6.76. The number of carbonyl (C=O) groups excluding carboxylic acids is 1. The summed E-state index contributed by atoms with van der Waals surface area (Å²) in [5, 5.41) is 2.39. The molecule has 0 aromatic heterocycles.